The molecule has 0 spiro atoms. The second kappa shape index (κ2) is 9.83. The first-order valence-corrected chi connectivity index (χ1v) is 9.49. The second-order valence-electron chi connectivity index (χ2n) is 6.47. The van der Waals surface area contributed by atoms with Gasteiger partial charge in [0.05, 0.1) is 51.8 Å². The van der Waals surface area contributed by atoms with E-state index in [1.165, 1.54) is 28.4 Å². The molecule has 3 aromatic rings. The molecule has 160 valence electrons. The molecule has 0 atom stereocenters. The third-order valence-corrected chi connectivity index (χ3v) is 4.64. The van der Waals surface area contributed by atoms with Crippen LogP contribution in [0.25, 0.3) is 22.2 Å². The Bertz CT molecular complexity index is 1150. The fraction of sp³-hybridized carbons (Fsp3) is 0.250. The number of pyridine rings is 1. The fourth-order valence-electron chi connectivity index (χ4n) is 3.18. The molecular formula is C24H23NO6. The number of carbonyl (C=O) groups excluding carboxylic acids is 1. The lowest BCUT2D eigenvalue weighted by Crippen LogP contribution is -2.04. The molecule has 7 heteroatoms. The quantitative estimate of drug-likeness (QED) is 0.482. The van der Waals surface area contributed by atoms with Gasteiger partial charge in [-0.3, -0.25) is 0 Å². The molecule has 1 heterocycles. The van der Waals surface area contributed by atoms with Gasteiger partial charge in [0.25, 0.3) is 0 Å². The maximum Gasteiger partial charge on any atom is 0.338 e. The van der Waals surface area contributed by atoms with Crippen molar-refractivity contribution < 1.29 is 28.8 Å². The summed E-state index contributed by atoms with van der Waals surface area (Å²) in [7, 11) is 5.94. The number of aliphatic hydroxyl groups excluding tert-OH is 1. The minimum Gasteiger partial charge on any atom is -0.493 e. The van der Waals surface area contributed by atoms with Gasteiger partial charge in [-0.25, -0.2) is 9.78 Å². The Balaban J connectivity index is 2.22. The van der Waals surface area contributed by atoms with Crippen molar-refractivity contribution in [3.05, 3.63) is 47.5 Å². The van der Waals surface area contributed by atoms with E-state index >= 15 is 0 Å². The van der Waals surface area contributed by atoms with Crippen LogP contribution in [-0.4, -0.2) is 51.1 Å². The van der Waals surface area contributed by atoms with Crippen LogP contribution in [0.2, 0.25) is 0 Å². The van der Waals surface area contributed by atoms with Crippen molar-refractivity contribution in [1.82, 2.24) is 4.98 Å². The number of aromatic nitrogens is 1. The van der Waals surface area contributed by atoms with Gasteiger partial charge in [0.1, 0.15) is 0 Å². The summed E-state index contributed by atoms with van der Waals surface area (Å²) in [5.41, 5.74) is 2.93. The average molecular weight is 421 g/mol. The van der Waals surface area contributed by atoms with Gasteiger partial charge in [-0.05, 0) is 36.4 Å². The van der Waals surface area contributed by atoms with Gasteiger partial charge >= 0.3 is 5.97 Å². The molecule has 0 aliphatic rings. The Morgan fingerprint density at radius 3 is 2.29 bits per heavy atom. The molecule has 1 aromatic heterocycles. The number of hydrogen-bond donors (Lipinski definition) is 1. The smallest absolute Gasteiger partial charge is 0.338 e. The zero-order valence-electron chi connectivity index (χ0n) is 17.8. The van der Waals surface area contributed by atoms with Crippen LogP contribution in [0.4, 0.5) is 0 Å². The van der Waals surface area contributed by atoms with Gasteiger partial charge in [0, 0.05) is 22.9 Å². The Kier molecular flexibility index (Phi) is 6.96. The Hall–Kier alpha value is -3.76. The van der Waals surface area contributed by atoms with Crippen molar-refractivity contribution in [2.75, 3.05) is 35.0 Å². The predicted molar refractivity (Wildman–Crippen MR) is 117 cm³/mol. The molecule has 0 unspecified atom stereocenters. The van der Waals surface area contributed by atoms with Crippen LogP contribution < -0.4 is 14.2 Å². The van der Waals surface area contributed by atoms with Crippen LogP contribution in [0.15, 0.2) is 36.4 Å². The minimum atomic E-state index is -0.485. The molecule has 3 rings (SSSR count). The predicted octanol–water partition coefficient (Wildman–Crippen LogP) is 3.45. The number of benzene rings is 2. The minimum absolute atomic E-state index is 0.00626. The second-order valence-corrected chi connectivity index (χ2v) is 6.47. The summed E-state index contributed by atoms with van der Waals surface area (Å²) in [6, 6.07) is 10.6. The molecule has 7 nitrogen and oxygen atoms in total. The molecule has 31 heavy (non-hydrogen) atoms. The third-order valence-electron chi connectivity index (χ3n) is 4.64. The van der Waals surface area contributed by atoms with Crippen LogP contribution >= 0.6 is 0 Å². The molecule has 0 aliphatic heterocycles. The summed E-state index contributed by atoms with van der Waals surface area (Å²) in [6.07, 6.45) is 0.375. The highest BCUT2D eigenvalue weighted by molar-refractivity contribution is 6.05. The number of carbonyl (C=O) groups is 1. The van der Waals surface area contributed by atoms with Crippen LogP contribution in [0.3, 0.4) is 0 Å². The van der Waals surface area contributed by atoms with Crippen molar-refractivity contribution in [2.45, 2.75) is 6.42 Å². The lowest BCUT2D eigenvalue weighted by molar-refractivity contribution is 0.0603. The zero-order chi connectivity index (χ0) is 22.4. The number of ether oxygens (including phenoxy) is 4. The highest BCUT2D eigenvalue weighted by Crippen LogP contribution is 2.41. The summed E-state index contributed by atoms with van der Waals surface area (Å²) < 4.78 is 21.2. The summed E-state index contributed by atoms with van der Waals surface area (Å²) >= 11 is 0. The molecule has 0 aliphatic carbocycles. The standard InChI is InChI=1S/C24H23NO6/c1-28-21-12-16(13-22(29-2)23(21)30-3)20-14-18(24(27)31-4)17-11-15(7-5-6-10-26)8-9-19(17)25-20/h8-9,11-14,26H,6,10H2,1-4H3. The zero-order valence-corrected chi connectivity index (χ0v) is 17.8. The highest BCUT2D eigenvalue weighted by atomic mass is 16.5. The lowest BCUT2D eigenvalue weighted by Gasteiger charge is -2.15. The SMILES string of the molecule is COC(=O)c1cc(-c2cc(OC)c(OC)c(OC)c2)nc2ccc(C#CCCO)cc12. The number of methoxy groups -OCH3 is 4. The van der Waals surface area contributed by atoms with Crippen molar-refractivity contribution >= 4 is 16.9 Å². The first kappa shape index (κ1) is 21.9. The van der Waals surface area contributed by atoms with E-state index in [9.17, 15) is 4.79 Å². The maximum absolute atomic E-state index is 12.5. The number of hydrogen-bond acceptors (Lipinski definition) is 7. The van der Waals surface area contributed by atoms with E-state index in [1.54, 1.807) is 30.3 Å². The van der Waals surface area contributed by atoms with E-state index in [-0.39, 0.29) is 6.61 Å². The van der Waals surface area contributed by atoms with Crippen molar-refractivity contribution in [1.29, 1.82) is 0 Å². The van der Waals surface area contributed by atoms with Crippen LogP contribution in [-0.2, 0) is 4.74 Å². The highest BCUT2D eigenvalue weighted by Gasteiger charge is 2.18. The molecule has 0 bridgehead atoms. The van der Waals surface area contributed by atoms with E-state index in [0.717, 1.165) is 0 Å². The van der Waals surface area contributed by atoms with Gasteiger partial charge in [-0.15, -0.1) is 0 Å². The average Bonchev–Trinajstić information content (AvgIpc) is 2.81. The van der Waals surface area contributed by atoms with Crippen molar-refractivity contribution in [2.24, 2.45) is 0 Å². The number of nitrogens with zero attached hydrogens (tertiary/aromatic N) is 1. The van der Waals surface area contributed by atoms with Gasteiger partial charge in [-0.2, -0.15) is 0 Å². The van der Waals surface area contributed by atoms with E-state index in [1.807, 2.05) is 6.07 Å². The fourth-order valence-corrected chi connectivity index (χ4v) is 3.18. The molecule has 0 amide bonds. The van der Waals surface area contributed by atoms with Gasteiger partial charge < -0.3 is 24.1 Å². The number of esters is 1. The largest absolute Gasteiger partial charge is 0.493 e. The van der Waals surface area contributed by atoms with E-state index in [4.69, 9.17) is 29.0 Å². The first-order chi connectivity index (χ1) is 15.1. The number of fused-ring (bicyclic) bond motifs is 1. The summed E-state index contributed by atoms with van der Waals surface area (Å²) in [5, 5.41) is 9.54. The summed E-state index contributed by atoms with van der Waals surface area (Å²) in [6.45, 7) is -0.00626. The molecular weight excluding hydrogens is 398 g/mol. The molecule has 0 radical (unpaired) electrons. The van der Waals surface area contributed by atoms with Gasteiger partial charge in [0.15, 0.2) is 11.5 Å². The van der Waals surface area contributed by atoms with E-state index in [2.05, 4.69) is 11.8 Å². The van der Waals surface area contributed by atoms with Crippen molar-refractivity contribution in [3.63, 3.8) is 0 Å². The van der Waals surface area contributed by atoms with E-state index in [0.29, 0.717) is 57.0 Å². The van der Waals surface area contributed by atoms with Crippen LogP contribution in [0.5, 0.6) is 17.2 Å². The Labute approximate surface area is 180 Å². The molecule has 0 saturated heterocycles. The van der Waals surface area contributed by atoms with Crippen LogP contribution in [0, 0.1) is 11.8 Å². The van der Waals surface area contributed by atoms with Gasteiger partial charge in [-0.1, -0.05) is 11.8 Å². The van der Waals surface area contributed by atoms with Crippen molar-refractivity contribution in [3.8, 4) is 40.3 Å². The Morgan fingerprint density at radius 1 is 1.00 bits per heavy atom. The lowest BCUT2D eigenvalue weighted by atomic mass is 10.0. The van der Waals surface area contributed by atoms with Crippen LogP contribution in [0.1, 0.15) is 22.3 Å². The first-order valence-electron chi connectivity index (χ1n) is 9.49. The molecule has 2 aromatic carbocycles. The normalized spacial score (nSPS) is 10.2. The third kappa shape index (κ3) is 4.55. The molecule has 0 saturated carbocycles. The molecule has 1 N–H and O–H groups in total. The number of rotatable bonds is 6. The Morgan fingerprint density at radius 2 is 1.71 bits per heavy atom. The maximum atomic E-state index is 12.5. The topological polar surface area (TPSA) is 87.1 Å². The number of aliphatic hydroxyl groups is 1. The van der Waals surface area contributed by atoms with E-state index < -0.39 is 5.97 Å². The summed E-state index contributed by atoms with van der Waals surface area (Å²) in [5.74, 6) is 6.79. The van der Waals surface area contributed by atoms with Gasteiger partial charge in [0.2, 0.25) is 5.75 Å². The monoisotopic (exact) mass is 421 g/mol. The summed E-state index contributed by atoms with van der Waals surface area (Å²) in [4.78, 5) is 17.3. The molecule has 0 fully saturated rings.